The Labute approximate surface area is 107 Å². The SMILES string of the molecule is COC(=O)CNC(=O)c1ccc(SC(F)F)cc1. The van der Waals surface area contributed by atoms with Gasteiger partial charge in [0.25, 0.3) is 11.7 Å². The van der Waals surface area contributed by atoms with Crippen LogP contribution in [-0.4, -0.2) is 31.3 Å². The second kappa shape index (κ2) is 6.95. The predicted octanol–water partition coefficient (Wildman–Crippen LogP) is 1.90. The molecule has 0 radical (unpaired) electrons. The van der Waals surface area contributed by atoms with Crippen molar-refractivity contribution in [1.29, 1.82) is 0 Å². The van der Waals surface area contributed by atoms with Crippen molar-refractivity contribution in [1.82, 2.24) is 5.32 Å². The van der Waals surface area contributed by atoms with Crippen LogP contribution in [-0.2, 0) is 9.53 Å². The Morgan fingerprint density at radius 2 is 1.94 bits per heavy atom. The average molecular weight is 275 g/mol. The number of nitrogens with one attached hydrogen (secondary N) is 1. The van der Waals surface area contributed by atoms with Crippen molar-refractivity contribution in [2.24, 2.45) is 0 Å². The van der Waals surface area contributed by atoms with Crippen LogP contribution in [0.1, 0.15) is 10.4 Å². The summed E-state index contributed by atoms with van der Waals surface area (Å²) >= 11 is 0.402. The topological polar surface area (TPSA) is 55.4 Å². The molecule has 0 heterocycles. The second-order valence-corrected chi connectivity index (χ2v) is 4.23. The molecule has 1 aromatic carbocycles. The van der Waals surface area contributed by atoms with Gasteiger partial charge in [-0.3, -0.25) is 9.59 Å². The molecule has 18 heavy (non-hydrogen) atoms. The van der Waals surface area contributed by atoms with Crippen LogP contribution < -0.4 is 5.32 Å². The van der Waals surface area contributed by atoms with Gasteiger partial charge in [-0.2, -0.15) is 8.78 Å². The quantitative estimate of drug-likeness (QED) is 0.658. The highest BCUT2D eigenvalue weighted by Gasteiger charge is 2.09. The number of esters is 1. The number of hydrogen-bond donors (Lipinski definition) is 1. The van der Waals surface area contributed by atoms with Crippen molar-refractivity contribution in [2.45, 2.75) is 10.7 Å². The van der Waals surface area contributed by atoms with Gasteiger partial charge in [-0.1, -0.05) is 11.8 Å². The van der Waals surface area contributed by atoms with Crippen LogP contribution >= 0.6 is 11.8 Å². The van der Waals surface area contributed by atoms with Crippen LogP contribution in [0.3, 0.4) is 0 Å². The summed E-state index contributed by atoms with van der Waals surface area (Å²) in [5, 5.41) is 2.34. The first-order valence-corrected chi connectivity index (χ1v) is 5.81. The molecule has 1 rings (SSSR count). The van der Waals surface area contributed by atoms with E-state index in [4.69, 9.17) is 0 Å². The lowest BCUT2D eigenvalue weighted by atomic mass is 10.2. The summed E-state index contributed by atoms with van der Waals surface area (Å²) < 4.78 is 28.5. The normalized spacial score (nSPS) is 10.2. The fraction of sp³-hybridized carbons (Fsp3) is 0.273. The van der Waals surface area contributed by atoms with E-state index in [2.05, 4.69) is 10.1 Å². The Morgan fingerprint density at radius 1 is 1.33 bits per heavy atom. The van der Waals surface area contributed by atoms with E-state index in [0.29, 0.717) is 16.7 Å². The highest BCUT2D eigenvalue weighted by molar-refractivity contribution is 7.99. The van der Waals surface area contributed by atoms with Gasteiger partial charge in [-0.05, 0) is 24.3 Å². The number of rotatable bonds is 5. The van der Waals surface area contributed by atoms with Crippen molar-refractivity contribution in [3.63, 3.8) is 0 Å². The van der Waals surface area contributed by atoms with Crippen molar-refractivity contribution in [3.8, 4) is 0 Å². The third-order valence-electron chi connectivity index (χ3n) is 1.96. The molecule has 0 saturated carbocycles. The Kier molecular flexibility index (Phi) is 5.57. The van der Waals surface area contributed by atoms with Crippen LogP contribution in [0, 0.1) is 0 Å². The van der Waals surface area contributed by atoms with Crippen molar-refractivity contribution >= 4 is 23.6 Å². The van der Waals surface area contributed by atoms with E-state index in [1.54, 1.807) is 0 Å². The Balaban J connectivity index is 2.56. The first kappa shape index (κ1) is 14.4. The van der Waals surface area contributed by atoms with Crippen LogP contribution in [0.5, 0.6) is 0 Å². The summed E-state index contributed by atoms with van der Waals surface area (Å²) in [6.07, 6.45) is 0. The molecule has 0 saturated heterocycles. The van der Waals surface area contributed by atoms with Crippen LogP contribution in [0.4, 0.5) is 8.78 Å². The van der Waals surface area contributed by atoms with E-state index < -0.39 is 17.6 Å². The lowest BCUT2D eigenvalue weighted by Gasteiger charge is -2.05. The third kappa shape index (κ3) is 4.70. The number of carbonyl (C=O) groups excluding carboxylic acids is 2. The van der Waals surface area contributed by atoms with Gasteiger partial charge in [-0.15, -0.1) is 0 Å². The van der Waals surface area contributed by atoms with Crippen LogP contribution in [0.25, 0.3) is 0 Å². The molecule has 0 aliphatic rings. The Hall–Kier alpha value is -1.63. The summed E-state index contributed by atoms with van der Waals surface area (Å²) in [7, 11) is 1.21. The minimum atomic E-state index is -2.50. The molecule has 0 spiro atoms. The second-order valence-electron chi connectivity index (χ2n) is 3.16. The Bertz CT molecular complexity index is 423. The van der Waals surface area contributed by atoms with E-state index >= 15 is 0 Å². The van der Waals surface area contributed by atoms with Gasteiger partial charge < -0.3 is 10.1 Å². The fourth-order valence-electron chi connectivity index (χ4n) is 1.11. The number of benzene rings is 1. The zero-order valence-corrected chi connectivity index (χ0v) is 10.3. The maximum atomic E-state index is 12.1. The van der Waals surface area contributed by atoms with E-state index in [0.717, 1.165) is 0 Å². The molecule has 7 heteroatoms. The fourth-order valence-corrected chi connectivity index (χ4v) is 1.61. The van der Waals surface area contributed by atoms with E-state index in [9.17, 15) is 18.4 Å². The van der Waals surface area contributed by atoms with Gasteiger partial charge in [0, 0.05) is 10.5 Å². The molecule has 0 aromatic heterocycles. The molecule has 4 nitrogen and oxygen atoms in total. The largest absolute Gasteiger partial charge is 0.468 e. The molecule has 0 unspecified atom stereocenters. The van der Waals surface area contributed by atoms with Gasteiger partial charge in [0.05, 0.1) is 7.11 Å². The van der Waals surface area contributed by atoms with Crippen LogP contribution in [0.2, 0.25) is 0 Å². The summed E-state index contributed by atoms with van der Waals surface area (Å²) in [5.41, 5.74) is 0.289. The average Bonchev–Trinajstić information content (AvgIpc) is 2.35. The number of ether oxygens (including phenoxy) is 1. The van der Waals surface area contributed by atoms with E-state index in [-0.39, 0.29) is 12.1 Å². The smallest absolute Gasteiger partial charge is 0.325 e. The summed E-state index contributed by atoms with van der Waals surface area (Å²) in [6, 6.07) is 5.67. The van der Waals surface area contributed by atoms with Crippen LogP contribution in [0.15, 0.2) is 29.2 Å². The summed E-state index contributed by atoms with van der Waals surface area (Å²) in [5.74, 6) is -3.52. The highest BCUT2D eigenvalue weighted by atomic mass is 32.2. The minimum absolute atomic E-state index is 0.233. The van der Waals surface area contributed by atoms with Gasteiger partial charge in [0.2, 0.25) is 0 Å². The van der Waals surface area contributed by atoms with Crippen molar-refractivity contribution in [2.75, 3.05) is 13.7 Å². The molecular formula is C11H11F2NO3S. The van der Waals surface area contributed by atoms with E-state index in [1.807, 2.05) is 0 Å². The molecule has 0 atom stereocenters. The number of thioether (sulfide) groups is 1. The molecule has 98 valence electrons. The maximum Gasteiger partial charge on any atom is 0.325 e. The van der Waals surface area contributed by atoms with Gasteiger partial charge in [0.15, 0.2) is 0 Å². The highest BCUT2D eigenvalue weighted by Crippen LogP contribution is 2.24. The number of alkyl halides is 2. The Morgan fingerprint density at radius 3 is 2.44 bits per heavy atom. The van der Waals surface area contributed by atoms with Crippen molar-refractivity contribution < 1.29 is 23.1 Å². The molecule has 1 amide bonds. The van der Waals surface area contributed by atoms with Gasteiger partial charge >= 0.3 is 5.97 Å². The van der Waals surface area contributed by atoms with Gasteiger partial charge in [-0.25, -0.2) is 0 Å². The lowest BCUT2D eigenvalue weighted by Crippen LogP contribution is -2.30. The molecule has 0 bridgehead atoms. The number of carbonyl (C=O) groups is 2. The number of halogens is 2. The molecule has 0 fully saturated rings. The number of amides is 1. The van der Waals surface area contributed by atoms with E-state index in [1.165, 1.54) is 31.4 Å². The molecule has 0 aliphatic carbocycles. The third-order valence-corrected chi connectivity index (χ3v) is 2.69. The standard InChI is InChI=1S/C11H11F2NO3S/c1-17-9(15)6-14-10(16)7-2-4-8(5-3-7)18-11(12)13/h2-5,11H,6H2,1H3,(H,14,16). The summed E-state index contributed by atoms with van der Waals surface area (Å²) in [6.45, 7) is -0.233. The first-order chi connectivity index (χ1) is 8.52. The predicted molar refractivity (Wildman–Crippen MR) is 62.7 cm³/mol. The molecule has 0 aliphatic heterocycles. The maximum absolute atomic E-state index is 12.1. The monoisotopic (exact) mass is 275 g/mol. The number of hydrogen-bond acceptors (Lipinski definition) is 4. The molecule has 1 aromatic rings. The zero-order valence-electron chi connectivity index (χ0n) is 9.48. The number of methoxy groups -OCH3 is 1. The molecule has 1 N–H and O–H groups in total. The van der Waals surface area contributed by atoms with Crippen molar-refractivity contribution in [3.05, 3.63) is 29.8 Å². The lowest BCUT2D eigenvalue weighted by molar-refractivity contribution is -0.139. The summed E-state index contributed by atoms with van der Waals surface area (Å²) in [4.78, 5) is 22.7. The molecular weight excluding hydrogens is 264 g/mol. The zero-order chi connectivity index (χ0) is 13.5. The first-order valence-electron chi connectivity index (χ1n) is 4.93. The minimum Gasteiger partial charge on any atom is -0.468 e. The van der Waals surface area contributed by atoms with Gasteiger partial charge in [0.1, 0.15) is 6.54 Å².